The molecule has 0 spiro atoms. The van der Waals surface area contributed by atoms with Crippen LogP contribution in [0.15, 0.2) is 35.2 Å². The maximum atomic E-state index is 11.2. The molecule has 0 aliphatic rings. The first-order valence-electron chi connectivity index (χ1n) is 4.78. The first-order chi connectivity index (χ1) is 7.95. The van der Waals surface area contributed by atoms with Crippen molar-refractivity contribution in [2.75, 3.05) is 12.8 Å². The fraction of sp³-hybridized carbons (Fsp3) is 0.0909. The normalized spacial score (nSPS) is 11.6. The topological polar surface area (TPSA) is 89.6 Å². The fourth-order valence-electron chi connectivity index (χ4n) is 1.77. The predicted octanol–water partition coefficient (Wildman–Crippen LogP) is 1.68. The molecular formula is C11H11NO4S. The highest BCUT2D eigenvalue weighted by Crippen LogP contribution is 2.34. The zero-order valence-electron chi connectivity index (χ0n) is 9.04. The van der Waals surface area contributed by atoms with Crippen LogP contribution >= 0.6 is 0 Å². The smallest absolute Gasteiger partial charge is 0.295 e. The summed E-state index contributed by atoms with van der Waals surface area (Å²) in [5.74, 6) is 0.463. The Hall–Kier alpha value is -1.79. The number of rotatable bonds is 2. The predicted molar refractivity (Wildman–Crippen MR) is 64.7 cm³/mol. The lowest BCUT2D eigenvalue weighted by Crippen LogP contribution is -2.01. The number of ether oxygens (including phenoxy) is 1. The molecule has 0 bridgehead atoms. The van der Waals surface area contributed by atoms with Gasteiger partial charge in [0.05, 0.1) is 7.11 Å². The van der Waals surface area contributed by atoms with Crippen LogP contribution in [0.25, 0.3) is 10.8 Å². The van der Waals surface area contributed by atoms with Crippen LogP contribution in [0.5, 0.6) is 5.75 Å². The number of hydrogen-bond donors (Lipinski definition) is 2. The zero-order chi connectivity index (χ0) is 12.6. The molecule has 2 aromatic carbocycles. The highest BCUT2D eigenvalue weighted by atomic mass is 32.2. The van der Waals surface area contributed by atoms with Crippen molar-refractivity contribution in [3.63, 3.8) is 0 Å². The Balaban J connectivity index is 2.98. The van der Waals surface area contributed by atoms with Gasteiger partial charge in [-0.1, -0.05) is 12.1 Å². The van der Waals surface area contributed by atoms with Crippen molar-refractivity contribution in [1.82, 2.24) is 0 Å². The summed E-state index contributed by atoms with van der Waals surface area (Å²) < 4.78 is 36.7. The molecule has 0 saturated heterocycles. The van der Waals surface area contributed by atoms with E-state index in [0.29, 0.717) is 22.2 Å². The Bertz CT molecular complexity index is 679. The van der Waals surface area contributed by atoms with Crippen LogP contribution in [0.3, 0.4) is 0 Å². The Labute approximate surface area is 98.6 Å². The summed E-state index contributed by atoms with van der Waals surface area (Å²) in [7, 11) is -2.82. The molecule has 0 saturated carbocycles. The number of benzene rings is 2. The largest absolute Gasteiger partial charge is 0.496 e. The molecule has 0 amide bonds. The minimum atomic E-state index is -4.28. The highest BCUT2D eigenvalue weighted by molar-refractivity contribution is 7.86. The Morgan fingerprint density at radius 2 is 1.94 bits per heavy atom. The van der Waals surface area contributed by atoms with Gasteiger partial charge < -0.3 is 10.5 Å². The van der Waals surface area contributed by atoms with Gasteiger partial charge >= 0.3 is 0 Å². The molecule has 2 rings (SSSR count). The van der Waals surface area contributed by atoms with Gasteiger partial charge in [-0.25, -0.2) is 0 Å². The van der Waals surface area contributed by atoms with Crippen LogP contribution in [0.1, 0.15) is 0 Å². The van der Waals surface area contributed by atoms with E-state index in [1.54, 1.807) is 18.2 Å². The molecule has 6 heteroatoms. The average molecular weight is 253 g/mol. The number of anilines is 1. The molecule has 0 aliphatic carbocycles. The van der Waals surface area contributed by atoms with E-state index in [9.17, 15) is 8.42 Å². The van der Waals surface area contributed by atoms with E-state index in [-0.39, 0.29) is 4.90 Å². The van der Waals surface area contributed by atoms with Crippen LogP contribution in [0, 0.1) is 0 Å². The standard InChI is InChI=1S/C11H11NO4S/c1-16-9-4-2-3-7-10(17(13,14)15)6-5-8(12)11(7)9/h2-6H,12H2,1H3,(H,13,14,15). The van der Waals surface area contributed by atoms with Gasteiger partial charge in [0.25, 0.3) is 10.1 Å². The monoisotopic (exact) mass is 253 g/mol. The van der Waals surface area contributed by atoms with Crippen LogP contribution in [-0.4, -0.2) is 20.1 Å². The van der Waals surface area contributed by atoms with E-state index in [1.165, 1.54) is 19.2 Å². The Morgan fingerprint density at radius 1 is 1.24 bits per heavy atom. The lowest BCUT2D eigenvalue weighted by molar-refractivity contribution is 0.420. The van der Waals surface area contributed by atoms with Crippen molar-refractivity contribution in [2.24, 2.45) is 0 Å². The van der Waals surface area contributed by atoms with E-state index < -0.39 is 10.1 Å². The summed E-state index contributed by atoms with van der Waals surface area (Å²) in [6.07, 6.45) is 0. The van der Waals surface area contributed by atoms with Crippen LogP contribution in [0.2, 0.25) is 0 Å². The number of fused-ring (bicyclic) bond motifs is 1. The SMILES string of the molecule is COc1cccc2c(S(=O)(=O)O)ccc(N)c12. The maximum Gasteiger partial charge on any atom is 0.295 e. The molecule has 17 heavy (non-hydrogen) atoms. The lowest BCUT2D eigenvalue weighted by Gasteiger charge is -2.10. The fourth-order valence-corrected chi connectivity index (χ4v) is 2.46. The molecular weight excluding hydrogens is 242 g/mol. The van der Waals surface area contributed by atoms with Gasteiger partial charge in [0.1, 0.15) is 10.6 Å². The first-order valence-corrected chi connectivity index (χ1v) is 6.22. The van der Waals surface area contributed by atoms with Crippen molar-refractivity contribution in [2.45, 2.75) is 4.90 Å². The average Bonchev–Trinajstić information content (AvgIpc) is 2.27. The Kier molecular flexibility index (Phi) is 2.68. The van der Waals surface area contributed by atoms with Gasteiger partial charge in [0.15, 0.2) is 0 Å². The van der Waals surface area contributed by atoms with Crippen molar-refractivity contribution in [3.8, 4) is 5.75 Å². The van der Waals surface area contributed by atoms with E-state index in [4.69, 9.17) is 15.0 Å². The van der Waals surface area contributed by atoms with Crippen molar-refractivity contribution < 1.29 is 17.7 Å². The third kappa shape index (κ3) is 1.92. The summed E-state index contributed by atoms with van der Waals surface area (Å²) >= 11 is 0. The number of nitrogens with two attached hydrogens (primary N) is 1. The van der Waals surface area contributed by atoms with E-state index in [1.807, 2.05) is 0 Å². The summed E-state index contributed by atoms with van der Waals surface area (Å²) in [5.41, 5.74) is 6.18. The van der Waals surface area contributed by atoms with Crippen molar-refractivity contribution >= 4 is 26.6 Å². The molecule has 0 aromatic heterocycles. The second-order valence-corrected chi connectivity index (χ2v) is 4.90. The molecule has 0 atom stereocenters. The Morgan fingerprint density at radius 3 is 2.53 bits per heavy atom. The van der Waals surface area contributed by atoms with Crippen LogP contribution < -0.4 is 10.5 Å². The second kappa shape index (κ2) is 3.90. The molecule has 3 N–H and O–H groups in total. The summed E-state index contributed by atoms with van der Waals surface area (Å²) in [5, 5.41) is 0.817. The zero-order valence-corrected chi connectivity index (χ0v) is 9.86. The van der Waals surface area contributed by atoms with Crippen molar-refractivity contribution in [3.05, 3.63) is 30.3 Å². The minimum absolute atomic E-state index is 0.180. The molecule has 0 radical (unpaired) electrons. The number of nitrogen functional groups attached to an aromatic ring is 1. The first kappa shape index (κ1) is 11.7. The van der Waals surface area contributed by atoms with Gasteiger partial charge in [0, 0.05) is 16.5 Å². The molecule has 0 aliphatic heterocycles. The van der Waals surface area contributed by atoms with Gasteiger partial charge in [-0.2, -0.15) is 8.42 Å². The van der Waals surface area contributed by atoms with Gasteiger partial charge in [-0.3, -0.25) is 4.55 Å². The second-order valence-electron chi connectivity index (χ2n) is 3.51. The summed E-state index contributed by atoms with van der Waals surface area (Å²) in [6.45, 7) is 0. The molecule has 5 nitrogen and oxygen atoms in total. The molecule has 0 fully saturated rings. The molecule has 0 unspecified atom stereocenters. The maximum absolute atomic E-state index is 11.2. The molecule has 2 aromatic rings. The van der Waals surface area contributed by atoms with E-state index in [0.717, 1.165) is 0 Å². The quantitative estimate of drug-likeness (QED) is 0.627. The van der Waals surface area contributed by atoms with Crippen LogP contribution in [-0.2, 0) is 10.1 Å². The van der Waals surface area contributed by atoms with Crippen molar-refractivity contribution in [1.29, 1.82) is 0 Å². The van der Waals surface area contributed by atoms with Gasteiger partial charge in [0.2, 0.25) is 0 Å². The highest BCUT2D eigenvalue weighted by Gasteiger charge is 2.16. The van der Waals surface area contributed by atoms with Gasteiger partial charge in [-0.05, 0) is 18.2 Å². The van der Waals surface area contributed by atoms with Gasteiger partial charge in [-0.15, -0.1) is 0 Å². The third-order valence-electron chi connectivity index (χ3n) is 2.49. The summed E-state index contributed by atoms with van der Waals surface area (Å²) in [4.78, 5) is -0.180. The number of hydrogen-bond acceptors (Lipinski definition) is 4. The summed E-state index contributed by atoms with van der Waals surface area (Å²) in [6, 6.07) is 7.57. The van der Waals surface area contributed by atoms with E-state index >= 15 is 0 Å². The minimum Gasteiger partial charge on any atom is -0.496 e. The van der Waals surface area contributed by atoms with E-state index in [2.05, 4.69) is 0 Å². The molecule has 90 valence electrons. The third-order valence-corrected chi connectivity index (χ3v) is 3.40. The lowest BCUT2D eigenvalue weighted by atomic mass is 10.1. The van der Waals surface area contributed by atoms with Crippen LogP contribution in [0.4, 0.5) is 5.69 Å². The number of methoxy groups -OCH3 is 1. The molecule has 0 heterocycles.